The number of nitrogens with zero attached hydrogens (tertiary/aromatic N) is 1. The lowest BCUT2D eigenvalue weighted by Crippen LogP contribution is -2.27. The van der Waals surface area contributed by atoms with E-state index in [1.807, 2.05) is 17.5 Å². The van der Waals surface area contributed by atoms with Gasteiger partial charge in [0.2, 0.25) is 0 Å². The molecule has 0 aromatic carbocycles. The van der Waals surface area contributed by atoms with Crippen LogP contribution in [0.1, 0.15) is 17.5 Å². The first-order valence-electron chi connectivity index (χ1n) is 5.07. The highest BCUT2D eigenvalue weighted by atomic mass is 32.1. The summed E-state index contributed by atoms with van der Waals surface area (Å²) in [5, 5.41) is 5.58. The van der Waals surface area contributed by atoms with E-state index in [9.17, 15) is 0 Å². The number of hydrogen-bond acceptors (Lipinski definition) is 3. The van der Waals surface area contributed by atoms with E-state index >= 15 is 0 Å². The van der Waals surface area contributed by atoms with Crippen molar-refractivity contribution in [2.45, 2.75) is 25.9 Å². The minimum Gasteiger partial charge on any atom is -0.347 e. The summed E-state index contributed by atoms with van der Waals surface area (Å²) in [5.41, 5.74) is 1.13. The van der Waals surface area contributed by atoms with Crippen molar-refractivity contribution in [3.05, 3.63) is 40.6 Å². The van der Waals surface area contributed by atoms with E-state index in [2.05, 4.69) is 39.7 Å². The molecule has 0 saturated heterocycles. The summed E-state index contributed by atoms with van der Waals surface area (Å²) < 4.78 is 0. The quantitative estimate of drug-likeness (QED) is 0.812. The lowest BCUT2D eigenvalue weighted by Gasteiger charge is -2.11. The van der Waals surface area contributed by atoms with Crippen molar-refractivity contribution in [2.24, 2.45) is 0 Å². The van der Waals surface area contributed by atoms with Crippen molar-refractivity contribution < 1.29 is 0 Å². The van der Waals surface area contributed by atoms with Crippen LogP contribution in [-0.2, 0) is 13.0 Å². The molecule has 3 nitrogen and oxygen atoms in total. The van der Waals surface area contributed by atoms with E-state index in [0.717, 1.165) is 18.7 Å². The number of H-pyrrole nitrogens is 1. The number of imidazole rings is 1. The van der Waals surface area contributed by atoms with Gasteiger partial charge in [-0.2, -0.15) is 0 Å². The summed E-state index contributed by atoms with van der Waals surface area (Å²) in [6.07, 6.45) is 4.65. The molecule has 0 fully saturated rings. The van der Waals surface area contributed by atoms with Gasteiger partial charge in [-0.3, -0.25) is 0 Å². The molecular weight excluding hydrogens is 206 g/mol. The third-order valence-electron chi connectivity index (χ3n) is 2.28. The Balaban J connectivity index is 1.76. The molecule has 2 N–H and O–H groups in total. The van der Waals surface area contributed by atoms with Crippen LogP contribution in [0.4, 0.5) is 0 Å². The Morgan fingerprint density at radius 2 is 2.53 bits per heavy atom. The van der Waals surface area contributed by atoms with Crippen LogP contribution < -0.4 is 5.32 Å². The van der Waals surface area contributed by atoms with E-state index in [1.165, 1.54) is 4.88 Å². The van der Waals surface area contributed by atoms with Crippen LogP contribution >= 0.6 is 11.3 Å². The van der Waals surface area contributed by atoms with Crippen molar-refractivity contribution >= 4 is 11.3 Å². The molecule has 1 atom stereocenters. The predicted octanol–water partition coefficient (Wildman–Crippen LogP) is 2.19. The van der Waals surface area contributed by atoms with Crippen LogP contribution in [-0.4, -0.2) is 16.0 Å². The highest BCUT2D eigenvalue weighted by Gasteiger charge is 2.03. The molecule has 0 spiro atoms. The van der Waals surface area contributed by atoms with Gasteiger partial charge < -0.3 is 10.3 Å². The Hall–Kier alpha value is -1.13. The second-order valence-corrected chi connectivity index (χ2v) is 4.67. The van der Waals surface area contributed by atoms with Gasteiger partial charge in [-0.1, -0.05) is 6.07 Å². The summed E-state index contributed by atoms with van der Waals surface area (Å²) in [5.74, 6) is 0. The molecular formula is C11H15N3S. The first-order chi connectivity index (χ1) is 7.34. The third-order valence-corrected chi connectivity index (χ3v) is 3.18. The van der Waals surface area contributed by atoms with Gasteiger partial charge in [0, 0.05) is 29.4 Å². The second-order valence-electron chi connectivity index (χ2n) is 3.64. The fourth-order valence-electron chi connectivity index (χ4n) is 1.47. The monoisotopic (exact) mass is 221 g/mol. The fourth-order valence-corrected chi connectivity index (χ4v) is 2.30. The van der Waals surface area contributed by atoms with E-state index < -0.39 is 0 Å². The Morgan fingerprint density at radius 1 is 1.60 bits per heavy atom. The molecule has 4 heteroatoms. The van der Waals surface area contributed by atoms with E-state index in [-0.39, 0.29) is 0 Å². The van der Waals surface area contributed by atoms with E-state index in [0.29, 0.717) is 6.04 Å². The minimum absolute atomic E-state index is 0.493. The number of nitrogens with one attached hydrogen (secondary N) is 2. The zero-order valence-corrected chi connectivity index (χ0v) is 9.55. The molecule has 0 amide bonds. The van der Waals surface area contributed by atoms with Gasteiger partial charge in [-0.05, 0) is 24.8 Å². The Morgan fingerprint density at radius 3 is 3.20 bits per heavy atom. The summed E-state index contributed by atoms with van der Waals surface area (Å²) in [4.78, 5) is 8.49. The number of rotatable bonds is 5. The maximum atomic E-state index is 3.98. The van der Waals surface area contributed by atoms with Crippen LogP contribution in [0, 0.1) is 0 Å². The number of hydrogen-bond donors (Lipinski definition) is 2. The molecule has 0 saturated carbocycles. The fraction of sp³-hybridized carbons (Fsp3) is 0.364. The van der Waals surface area contributed by atoms with Crippen LogP contribution in [0.5, 0.6) is 0 Å². The summed E-state index contributed by atoms with van der Waals surface area (Å²) >= 11 is 1.81. The maximum Gasteiger partial charge on any atom is 0.0922 e. The first kappa shape index (κ1) is 10.4. The average molecular weight is 221 g/mol. The number of aromatic nitrogens is 2. The zero-order valence-electron chi connectivity index (χ0n) is 8.73. The van der Waals surface area contributed by atoms with Gasteiger partial charge >= 0.3 is 0 Å². The third kappa shape index (κ3) is 3.18. The Kier molecular flexibility index (Phi) is 3.53. The van der Waals surface area contributed by atoms with Crippen LogP contribution in [0.15, 0.2) is 30.0 Å². The normalized spacial score (nSPS) is 12.9. The lowest BCUT2D eigenvalue weighted by atomic mass is 10.2. The highest BCUT2D eigenvalue weighted by Crippen LogP contribution is 2.10. The molecule has 2 heterocycles. The maximum absolute atomic E-state index is 3.98. The van der Waals surface area contributed by atoms with Gasteiger partial charge in [-0.15, -0.1) is 11.3 Å². The molecule has 0 radical (unpaired) electrons. The summed E-state index contributed by atoms with van der Waals surface area (Å²) in [6.45, 7) is 3.06. The van der Waals surface area contributed by atoms with Crippen molar-refractivity contribution in [1.82, 2.24) is 15.3 Å². The largest absolute Gasteiger partial charge is 0.347 e. The summed E-state index contributed by atoms with van der Waals surface area (Å²) in [6, 6.07) is 4.77. The molecule has 15 heavy (non-hydrogen) atoms. The van der Waals surface area contributed by atoms with Crippen molar-refractivity contribution in [2.75, 3.05) is 0 Å². The standard InChI is InChI=1S/C11H15N3S/c1-9(5-11-3-2-4-15-11)13-7-10-6-12-8-14-10/h2-4,6,8-9,13H,5,7H2,1H3,(H,12,14). The lowest BCUT2D eigenvalue weighted by molar-refractivity contribution is 0.544. The molecule has 2 rings (SSSR count). The molecule has 0 aliphatic heterocycles. The zero-order chi connectivity index (χ0) is 10.5. The molecule has 80 valence electrons. The molecule has 1 unspecified atom stereocenters. The predicted molar refractivity (Wildman–Crippen MR) is 62.9 cm³/mol. The highest BCUT2D eigenvalue weighted by molar-refractivity contribution is 7.09. The van der Waals surface area contributed by atoms with Crippen LogP contribution in [0.3, 0.4) is 0 Å². The molecule has 2 aromatic heterocycles. The van der Waals surface area contributed by atoms with E-state index in [4.69, 9.17) is 0 Å². The smallest absolute Gasteiger partial charge is 0.0922 e. The minimum atomic E-state index is 0.493. The van der Waals surface area contributed by atoms with Gasteiger partial charge in [-0.25, -0.2) is 4.98 Å². The first-order valence-corrected chi connectivity index (χ1v) is 5.95. The van der Waals surface area contributed by atoms with Gasteiger partial charge in [0.25, 0.3) is 0 Å². The SMILES string of the molecule is CC(Cc1cccs1)NCc1cnc[nH]1. The van der Waals surface area contributed by atoms with Gasteiger partial charge in [0.15, 0.2) is 0 Å². The molecule has 0 aliphatic carbocycles. The van der Waals surface area contributed by atoms with Crippen molar-refractivity contribution in [3.8, 4) is 0 Å². The van der Waals surface area contributed by atoms with Crippen LogP contribution in [0.25, 0.3) is 0 Å². The van der Waals surface area contributed by atoms with Crippen molar-refractivity contribution in [1.29, 1.82) is 0 Å². The molecule has 0 aliphatic rings. The van der Waals surface area contributed by atoms with Crippen molar-refractivity contribution in [3.63, 3.8) is 0 Å². The van der Waals surface area contributed by atoms with Crippen LogP contribution in [0.2, 0.25) is 0 Å². The number of thiophene rings is 1. The summed E-state index contributed by atoms with van der Waals surface area (Å²) in [7, 11) is 0. The topological polar surface area (TPSA) is 40.7 Å². The van der Waals surface area contributed by atoms with E-state index in [1.54, 1.807) is 6.33 Å². The molecule has 2 aromatic rings. The van der Waals surface area contributed by atoms with Gasteiger partial charge in [0.05, 0.1) is 6.33 Å². The van der Waals surface area contributed by atoms with Gasteiger partial charge in [0.1, 0.15) is 0 Å². The Labute approximate surface area is 93.6 Å². The Bertz CT molecular complexity index is 366. The number of aromatic amines is 1. The molecule has 0 bridgehead atoms. The second kappa shape index (κ2) is 5.09. The average Bonchev–Trinajstić information content (AvgIpc) is 2.86.